The van der Waals surface area contributed by atoms with E-state index in [1.165, 1.54) is 6.07 Å². The fourth-order valence-corrected chi connectivity index (χ4v) is 2.80. The van der Waals surface area contributed by atoms with Crippen LogP contribution in [0.15, 0.2) is 48.5 Å². The smallest absolute Gasteiger partial charge is 0.416 e. The van der Waals surface area contributed by atoms with Crippen molar-refractivity contribution in [3.05, 3.63) is 70.9 Å². The molecule has 0 spiro atoms. The maximum Gasteiger partial charge on any atom is 0.416 e. The van der Waals surface area contributed by atoms with Gasteiger partial charge in [-0.25, -0.2) is 4.79 Å². The first kappa shape index (κ1) is 19.3. The monoisotopic (exact) mass is 388 g/mol. The molecule has 28 heavy (non-hydrogen) atoms. The van der Waals surface area contributed by atoms with E-state index in [0.29, 0.717) is 22.7 Å². The minimum atomic E-state index is -4.63. The third-order valence-corrected chi connectivity index (χ3v) is 4.09. The van der Waals surface area contributed by atoms with Crippen molar-refractivity contribution in [2.45, 2.75) is 13.1 Å². The second kappa shape index (κ2) is 7.30. The van der Waals surface area contributed by atoms with Crippen LogP contribution in [0.25, 0.3) is 10.9 Å². The standard InChI is InChI=1S/C20H15F3N2O3/c1-11-9-15(13-5-3-4-6-16(13)24-11)18(26)25-17-10-12(20(21,22)23)7-8-14(17)19(27)28-2/h3-10H,1-2H3,(H,25,26). The number of para-hydroxylation sites is 1. The average molecular weight is 388 g/mol. The van der Waals surface area contributed by atoms with Gasteiger partial charge in [0.05, 0.1) is 35.0 Å². The normalized spacial score (nSPS) is 11.3. The van der Waals surface area contributed by atoms with Crippen molar-refractivity contribution < 1.29 is 27.5 Å². The maximum atomic E-state index is 13.1. The molecule has 1 heterocycles. The van der Waals surface area contributed by atoms with Crippen molar-refractivity contribution in [1.29, 1.82) is 0 Å². The summed E-state index contributed by atoms with van der Waals surface area (Å²) >= 11 is 0. The number of aromatic nitrogens is 1. The van der Waals surface area contributed by atoms with Crippen LogP contribution in [-0.4, -0.2) is 24.0 Å². The molecule has 0 radical (unpaired) electrons. The molecule has 5 nitrogen and oxygen atoms in total. The summed E-state index contributed by atoms with van der Waals surface area (Å²) in [5.74, 6) is -1.52. The molecule has 0 fully saturated rings. The van der Waals surface area contributed by atoms with E-state index in [1.807, 2.05) is 0 Å². The number of anilines is 1. The number of benzene rings is 2. The molecular formula is C20H15F3N2O3. The number of nitrogens with zero attached hydrogens (tertiary/aromatic N) is 1. The largest absolute Gasteiger partial charge is 0.465 e. The van der Waals surface area contributed by atoms with Gasteiger partial charge in [-0.3, -0.25) is 9.78 Å². The lowest BCUT2D eigenvalue weighted by molar-refractivity contribution is -0.137. The van der Waals surface area contributed by atoms with Crippen molar-refractivity contribution in [3.63, 3.8) is 0 Å². The van der Waals surface area contributed by atoms with E-state index in [2.05, 4.69) is 15.0 Å². The highest BCUT2D eigenvalue weighted by Crippen LogP contribution is 2.33. The maximum absolute atomic E-state index is 13.1. The predicted octanol–water partition coefficient (Wildman–Crippen LogP) is 4.60. The van der Waals surface area contributed by atoms with Crippen LogP contribution in [0.5, 0.6) is 0 Å². The van der Waals surface area contributed by atoms with Crippen molar-refractivity contribution in [1.82, 2.24) is 4.98 Å². The summed E-state index contributed by atoms with van der Waals surface area (Å²) in [6.45, 7) is 1.70. The minimum Gasteiger partial charge on any atom is -0.465 e. The quantitative estimate of drug-likeness (QED) is 0.666. The predicted molar refractivity (Wildman–Crippen MR) is 97.2 cm³/mol. The van der Waals surface area contributed by atoms with Crippen LogP contribution in [0.4, 0.5) is 18.9 Å². The van der Waals surface area contributed by atoms with Crippen molar-refractivity contribution in [3.8, 4) is 0 Å². The summed E-state index contributed by atoms with van der Waals surface area (Å²) < 4.78 is 43.8. The van der Waals surface area contributed by atoms with Gasteiger partial charge in [-0.05, 0) is 37.3 Å². The van der Waals surface area contributed by atoms with E-state index in [0.717, 1.165) is 19.2 Å². The van der Waals surface area contributed by atoms with Gasteiger partial charge < -0.3 is 10.1 Å². The lowest BCUT2D eigenvalue weighted by Crippen LogP contribution is -2.17. The third kappa shape index (κ3) is 3.80. The topological polar surface area (TPSA) is 68.3 Å². The van der Waals surface area contributed by atoms with Gasteiger partial charge in [-0.2, -0.15) is 13.2 Å². The number of ether oxygens (including phenoxy) is 1. The second-order valence-electron chi connectivity index (χ2n) is 6.03. The van der Waals surface area contributed by atoms with Crippen LogP contribution in [0.3, 0.4) is 0 Å². The summed E-state index contributed by atoms with van der Waals surface area (Å²) in [5, 5.41) is 2.95. The Bertz CT molecular complexity index is 1080. The number of methoxy groups -OCH3 is 1. The Morgan fingerprint density at radius 3 is 2.43 bits per heavy atom. The summed E-state index contributed by atoms with van der Waals surface area (Å²) in [4.78, 5) is 29.1. The average Bonchev–Trinajstić information content (AvgIpc) is 2.65. The molecule has 3 rings (SSSR count). The zero-order valence-corrected chi connectivity index (χ0v) is 14.9. The number of hydrogen-bond acceptors (Lipinski definition) is 4. The summed E-state index contributed by atoms with van der Waals surface area (Å²) in [6.07, 6.45) is -4.63. The van der Waals surface area contributed by atoms with Crippen LogP contribution in [0.2, 0.25) is 0 Å². The lowest BCUT2D eigenvalue weighted by Gasteiger charge is -2.14. The number of alkyl halides is 3. The number of rotatable bonds is 3. The fraction of sp³-hybridized carbons (Fsp3) is 0.150. The Kier molecular flexibility index (Phi) is 5.04. The molecule has 1 amide bonds. The Hall–Kier alpha value is -3.42. The highest BCUT2D eigenvalue weighted by atomic mass is 19.4. The molecule has 0 aliphatic carbocycles. The number of esters is 1. The molecule has 2 aromatic carbocycles. The molecular weight excluding hydrogens is 373 g/mol. The van der Waals surface area contributed by atoms with Crippen molar-refractivity contribution in [2.24, 2.45) is 0 Å². The molecule has 0 aliphatic rings. The van der Waals surface area contributed by atoms with E-state index >= 15 is 0 Å². The Labute approximate surface area is 158 Å². The molecule has 0 saturated heterocycles. The van der Waals surface area contributed by atoms with E-state index in [-0.39, 0.29) is 16.8 Å². The van der Waals surface area contributed by atoms with Crippen molar-refractivity contribution >= 4 is 28.5 Å². The zero-order valence-electron chi connectivity index (χ0n) is 14.9. The number of hydrogen-bond donors (Lipinski definition) is 1. The molecule has 0 unspecified atom stereocenters. The van der Waals surface area contributed by atoms with Crippen LogP contribution in [-0.2, 0) is 10.9 Å². The van der Waals surface area contributed by atoms with E-state index in [9.17, 15) is 22.8 Å². The highest BCUT2D eigenvalue weighted by Gasteiger charge is 2.32. The fourth-order valence-electron chi connectivity index (χ4n) is 2.80. The van der Waals surface area contributed by atoms with Gasteiger partial charge in [0.25, 0.3) is 5.91 Å². The van der Waals surface area contributed by atoms with Gasteiger partial charge in [-0.15, -0.1) is 0 Å². The van der Waals surface area contributed by atoms with Crippen LogP contribution < -0.4 is 5.32 Å². The Balaban J connectivity index is 2.08. The van der Waals surface area contributed by atoms with Gasteiger partial charge in [-0.1, -0.05) is 18.2 Å². The minimum absolute atomic E-state index is 0.182. The second-order valence-corrected chi connectivity index (χ2v) is 6.03. The lowest BCUT2D eigenvalue weighted by atomic mass is 10.1. The van der Waals surface area contributed by atoms with Gasteiger partial charge in [0.2, 0.25) is 0 Å². The summed E-state index contributed by atoms with van der Waals surface area (Å²) in [5.41, 5.74) is -0.0855. The summed E-state index contributed by atoms with van der Waals surface area (Å²) in [7, 11) is 1.10. The van der Waals surface area contributed by atoms with Crippen LogP contribution in [0, 0.1) is 6.92 Å². The number of nitrogens with one attached hydrogen (secondary N) is 1. The van der Waals surface area contributed by atoms with Crippen LogP contribution in [0.1, 0.15) is 32.0 Å². The van der Waals surface area contributed by atoms with Gasteiger partial charge in [0.1, 0.15) is 0 Å². The first-order valence-corrected chi connectivity index (χ1v) is 8.18. The number of carbonyl (C=O) groups excluding carboxylic acids is 2. The molecule has 1 aromatic heterocycles. The van der Waals surface area contributed by atoms with E-state index in [4.69, 9.17) is 0 Å². The van der Waals surface area contributed by atoms with E-state index < -0.39 is 23.6 Å². The van der Waals surface area contributed by atoms with Crippen molar-refractivity contribution in [2.75, 3.05) is 12.4 Å². The molecule has 3 aromatic rings. The molecule has 144 valence electrons. The van der Waals surface area contributed by atoms with Gasteiger partial charge in [0, 0.05) is 11.1 Å². The zero-order chi connectivity index (χ0) is 20.5. The Morgan fingerprint density at radius 2 is 1.75 bits per heavy atom. The highest BCUT2D eigenvalue weighted by molar-refractivity contribution is 6.14. The third-order valence-electron chi connectivity index (χ3n) is 4.09. The van der Waals surface area contributed by atoms with E-state index in [1.54, 1.807) is 31.2 Å². The SMILES string of the molecule is COC(=O)c1ccc(C(F)(F)F)cc1NC(=O)c1cc(C)nc2ccccc12. The molecule has 0 bridgehead atoms. The molecule has 0 saturated carbocycles. The molecule has 0 atom stereocenters. The number of amides is 1. The molecule has 8 heteroatoms. The summed E-state index contributed by atoms with van der Waals surface area (Å²) in [6, 6.07) is 10.9. The number of aryl methyl sites for hydroxylation is 1. The van der Waals surface area contributed by atoms with Gasteiger partial charge in [0.15, 0.2) is 0 Å². The number of pyridine rings is 1. The number of halogens is 3. The molecule has 0 aliphatic heterocycles. The van der Waals surface area contributed by atoms with Gasteiger partial charge >= 0.3 is 12.1 Å². The van der Waals surface area contributed by atoms with Crippen LogP contribution >= 0.6 is 0 Å². The Morgan fingerprint density at radius 1 is 1.04 bits per heavy atom. The number of carbonyl (C=O) groups is 2. The first-order chi connectivity index (χ1) is 13.2. The number of fused-ring (bicyclic) bond motifs is 1. The molecule has 1 N–H and O–H groups in total. The first-order valence-electron chi connectivity index (χ1n) is 8.18.